The van der Waals surface area contributed by atoms with Gasteiger partial charge in [-0.3, -0.25) is 0 Å². The van der Waals surface area contributed by atoms with Crippen LogP contribution in [0.25, 0.3) is 22.6 Å². The van der Waals surface area contributed by atoms with Crippen molar-refractivity contribution in [1.82, 2.24) is 10.4 Å². The zero-order valence-electron chi connectivity index (χ0n) is 15.1. The highest BCUT2D eigenvalue weighted by atomic mass is 16.5. The van der Waals surface area contributed by atoms with Crippen molar-refractivity contribution in [2.45, 2.75) is 25.7 Å². The Kier molecular flexibility index (Phi) is 4.29. The van der Waals surface area contributed by atoms with Gasteiger partial charge in [0.15, 0.2) is 5.76 Å². The van der Waals surface area contributed by atoms with Gasteiger partial charge in [0, 0.05) is 21.8 Å². The van der Waals surface area contributed by atoms with E-state index >= 15 is 0 Å². The summed E-state index contributed by atoms with van der Waals surface area (Å²) in [6.45, 7) is 4.55. The van der Waals surface area contributed by atoms with Gasteiger partial charge in [0.2, 0.25) is 0 Å². The Morgan fingerprint density at radius 3 is 2.46 bits per heavy atom. The molecule has 0 N–H and O–H groups in total. The minimum Gasteiger partial charge on any atom is -0.336 e. The van der Waals surface area contributed by atoms with Gasteiger partial charge in [-0.1, -0.05) is 92.7 Å². The first-order valence-corrected chi connectivity index (χ1v) is 9.04. The van der Waals surface area contributed by atoms with Crippen LogP contribution in [0.2, 0.25) is 0 Å². The minimum absolute atomic E-state index is 0.0573. The Bertz CT molecular complexity index is 953. The molecular weight excluding hydrogens is 320 g/mol. The number of aromatic nitrogens is 2. The summed E-state index contributed by atoms with van der Waals surface area (Å²) in [5.41, 5.74) is 4.08. The topological polar surface area (TPSA) is 38.9 Å². The van der Waals surface area contributed by atoms with E-state index < -0.39 is 0 Å². The quantitative estimate of drug-likeness (QED) is 0.600. The van der Waals surface area contributed by atoms with Gasteiger partial charge < -0.3 is 4.52 Å². The predicted octanol–water partition coefficient (Wildman–Crippen LogP) is 5.81. The molecule has 0 amide bonds. The van der Waals surface area contributed by atoms with Crippen molar-refractivity contribution in [2.75, 3.05) is 0 Å². The van der Waals surface area contributed by atoms with Crippen LogP contribution in [-0.2, 0) is 5.41 Å². The van der Waals surface area contributed by atoms with Crippen LogP contribution in [0, 0.1) is 5.92 Å². The lowest BCUT2D eigenvalue weighted by atomic mass is 9.66. The van der Waals surface area contributed by atoms with Crippen LogP contribution in [0.1, 0.15) is 25.8 Å². The lowest BCUT2D eigenvalue weighted by Crippen LogP contribution is -2.31. The van der Waals surface area contributed by atoms with E-state index in [2.05, 4.69) is 72.8 Å². The Hall–Kier alpha value is -2.94. The van der Waals surface area contributed by atoms with E-state index in [-0.39, 0.29) is 5.41 Å². The molecular formula is C23H22N2O. The highest BCUT2D eigenvalue weighted by Gasteiger charge is 2.36. The number of nitrogens with zero attached hydrogens (tertiary/aromatic N) is 2. The summed E-state index contributed by atoms with van der Waals surface area (Å²) in [6, 6.07) is 18.5. The van der Waals surface area contributed by atoms with Gasteiger partial charge in [-0.15, -0.1) is 5.10 Å². The van der Waals surface area contributed by atoms with Gasteiger partial charge in [0.1, 0.15) is 5.69 Å². The molecule has 2 aromatic carbocycles. The molecule has 3 nitrogen and oxygen atoms in total. The molecule has 0 saturated heterocycles. The van der Waals surface area contributed by atoms with Crippen LogP contribution in [0.3, 0.4) is 0 Å². The summed E-state index contributed by atoms with van der Waals surface area (Å²) >= 11 is 0. The Labute approximate surface area is 154 Å². The number of benzene rings is 2. The third kappa shape index (κ3) is 2.70. The number of rotatable bonds is 4. The first kappa shape index (κ1) is 16.5. The fourth-order valence-corrected chi connectivity index (χ4v) is 3.82. The minimum atomic E-state index is -0.0573. The van der Waals surface area contributed by atoms with Gasteiger partial charge in [0.05, 0.1) is 0 Å². The van der Waals surface area contributed by atoms with Crippen LogP contribution in [-0.4, -0.2) is 10.4 Å². The summed E-state index contributed by atoms with van der Waals surface area (Å²) in [5, 5.41) is 8.22. The van der Waals surface area contributed by atoms with E-state index in [1.54, 1.807) is 0 Å². The molecule has 3 aromatic rings. The number of allylic oxidation sites excluding steroid dienone is 4. The van der Waals surface area contributed by atoms with Crippen molar-refractivity contribution in [3.05, 3.63) is 84.5 Å². The first-order valence-electron chi connectivity index (χ1n) is 9.04. The fraction of sp³-hybridized carbons (Fsp3) is 0.217. The SMILES string of the molecule is CC(C)C1(c2ccccc2-c2nnoc2-c2ccccc2)C=CC=CC1. The Balaban J connectivity index is 1.90. The number of hydrogen-bond donors (Lipinski definition) is 0. The van der Waals surface area contributed by atoms with E-state index in [1.807, 2.05) is 30.3 Å². The third-order valence-electron chi connectivity index (χ3n) is 5.33. The zero-order chi connectivity index (χ0) is 18.0. The number of hydrogen-bond acceptors (Lipinski definition) is 3. The van der Waals surface area contributed by atoms with Crippen molar-refractivity contribution in [3.8, 4) is 22.6 Å². The lowest BCUT2D eigenvalue weighted by molar-refractivity contribution is 0.386. The molecule has 1 heterocycles. The standard InChI is InChI=1S/C23H22N2O/c1-17(2)23(15-9-4-10-16-23)20-14-8-7-13-19(20)21-22(26-25-24-21)18-11-5-3-6-12-18/h3-15,17H,16H2,1-2H3. The summed E-state index contributed by atoms with van der Waals surface area (Å²) in [7, 11) is 0. The average molecular weight is 342 g/mol. The second-order valence-corrected chi connectivity index (χ2v) is 7.05. The maximum Gasteiger partial charge on any atom is 0.195 e. The lowest BCUT2D eigenvalue weighted by Gasteiger charge is -2.37. The highest BCUT2D eigenvalue weighted by Crippen LogP contribution is 2.45. The third-order valence-corrected chi connectivity index (χ3v) is 5.33. The van der Waals surface area contributed by atoms with Crippen LogP contribution < -0.4 is 0 Å². The molecule has 130 valence electrons. The molecule has 0 bridgehead atoms. The first-order chi connectivity index (χ1) is 12.7. The smallest absolute Gasteiger partial charge is 0.195 e. The van der Waals surface area contributed by atoms with E-state index in [1.165, 1.54) is 5.56 Å². The molecule has 0 spiro atoms. The normalized spacial score (nSPS) is 19.2. The zero-order valence-corrected chi connectivity index (χ0v) is 15.1. The van der Waals surface area contributed by atoms with Crippen LogP contribution in [0.15, 0.2) is 83.4 Å². The molecule has 1 atom stereocenters. The average Bonchev–Trinajstić information content (AvgIpc) is 3.19. The van der Waals surface area contributed by atoms with Gasteiger partial charge in [0.25, 0.3) is 0 Å². The molecule has 0 radical (unpaired) electrons. The summed E-state index contributed by atoms with van der Waals surface area (Å²) in [5.74, 6) is 1.16. The highest BCUT2D eigenvalue weighted by molar-refractivity contribution is 5.79. The van der Waals surface area contributed by atoms with Crippen LogP contribution >= 0.6 is 0 Å². The van der Waals surface area contributed by atoms with Crippen LogP contribution in [0.4, 0.5) is 0 Å². The predicted molar refractivity (Wildman–Crippen MR) is 105 cm³/mol. The molecule has 1 aliphatic carbocycles. The van der Waals surface area contributed by atoms with Gasteiger partial charge >= 0.3 is 0 Å². The summed E-state index contributed by atoms with van der Waals surface area (Å²) < 4.78 is 5.55. The second kappa shape index (κ2) is 6.75. The second-order valence-electron chi connectivity index (χ2n) is 7.05. The molecule has 1 aromatic heterocycles. The molecule has 0 aliphatic heterocycles. The fourth-order valence-electron chi connectivity index (χ4n) is 3.82. The van der Waals surface area contributed by atoms with Gasteiger partial charge in [-0.05, 0) is 17.9 Å². The molecule has 1 aliphatic rings. The molecule has 0 fully saturated rings. The summed E-state index contributed by atoms with van der Waals surface area (Å²) in [6.07, 6.45) is 9.82. The van der Waals surface area contributed by atoms with Crippen molar-refractivity contribution < 1.29 is 4.52 Å². The maximum absolute atomic E-state index is 5.55. The van der Waals surface area contributed by atoms with Crippen molar-refractivity contribution in [1.29, 1.82) is 0 Å². The molecule has 3 heteroatoms. The van der Waals surface area contributed by atoms with Gasteiger partial charge in [-0.2, -0.15) is 0 Å². The Morgan fingerprint density at radius 1 is 0.962 bits per heavy atom. The van der Waals surface area contributed by atoms with Crippen molar-refractivity contribution in [3.63, 3.8) is 0 Å². The van der Waals surface area contributed by atoms with E-state index in [4.69, 9.17) is 4.52 Å². The maximum atomic E-state index is 5.55. The monoisotopic (exact) mass is 342 g/mol. The van der Waals surface area contributed by atoms with Gasteiger partial charge in [-0.25, -0.2) is 0 Å². The van der Waals surface area contributed by atoms with E-state index in [0.717, 1.165) is 23.2 Å². The van der Waals surface area contributed by atoms with Crippen molar-refractivity contribution >= 4 is 0 Å². The molecule has 1 unspecified atom stereocenters. The molecule has 0 saturated carbocycles. The Morgan fingerprint density at radius 2 is 1.73 bits per heavy atom. The van der Waals surface area contributed by atoms with E-state index in [0.29, 0.717) is 11.7 Å². The summed E-state index contributed by atoms with van der Waals surface area (Å²) in [4.78, 5) is 0. The largest absolute Gasteiger partial charge is 0.336 e. The molecule has 4 rings (SSSR count). The van der Waals surface area contributed by atoms with E-state index in [9.17, 15) is 0 Å². The molecule has 26 heavy (non-hydrogen) atoms. The van der Waals surface area contributed by atoms with Crippen LogP contribution in [0.5, 0.6) is 0 Å². The van der Waals surface area contributed by atoms with Crippen molar-refractivity contribution in [2.24, 2.45) is 5.92 Å².